The average Bonchev–Trinajstić information content (AvgIpc) is 2.02. The van der Waals surface area contributed by atoms with Gasteiger partial charge in [-0.1, -0.05) is 42.4 Å². The molecule has 0 fully saturated rings. The molecular weight excluding hydrogens is 186 g/mol. The molecule has 0 unspecified atom stereocenters. The minimum Gasteiger partial charge on any atom is -0.265 e. The highest BCUT2D eigenvalue weighted by molar-refractivity contribution is 8.77. The van der Waals surface area contributed by atoms with E-state index in [0.717, 1.165) is 0 Å². The number of rotatable bonds is 2. The molecule has 0 spiro atoms. The van der Waals surface area contributed by atoms with Gasteiger partial charge in [-0.15, -0.1) is 0 Å². The van der Waals surface area contributed by atoms with E-state index < -0.39 is 0 Å². The number of pyridine rings is 1. The van der Waals surface area contributed by atoms with Gasteiger partial charge in [0.05, 0.1) is 0 Å². The molecule has 0 amide bonds. The van der Waals surface area contributed by atoms with Gasteiger partial charge in [-0.3, -0.25) is 4.98 Å². The van der Waals surface area contributed by atoms with Crippen LogP contribution in [0.2, 0.25) is 0 Å². The van der Waals surface area contributed by atoms with Gasteiger partial charge in [0.25, 0.3) is 0 Å². The Kier molecular flexibility index (Phi) is 3.47. The quantitative estimate of drug-likeness (QED) is 0.675. The van der Waals surface area contributed by atoms with E-state index in [9.17, 15) is 0 Å². The summed E-state index contributed by atoms with van der Waals surface area (Å²) in [6, 6.07) is 4.06. The summed E-state index contributed by atoms with van der Waals surface area (Å²) < 4.78 is 0.313. The van der Waals surface area contributed by atoms with Crippen LogP contribution in [-0.2, 0) is 0 Å². The fourth-order valence-corrected chi connectivity index (χ4v) is 2.52. The van der Waals surface area contributed by atoms with Crippen LogP contribution in [0.3, 0.4) is 0 Å². The highest BCUT2D eigenvalue weighted by Crippen LogP contribution is 2.39. The Morgan fingerprint density at radius 3 is 2.25 bits per heavy atom. The number of hydrogen-bond donors (Lipinski definition) is 0. The second-order valence-corrected chi connectivity index (χ2v) is 6.49. The summed E-state index contributed by atoms with van der Waals surface area (Å²) in [7, 11) is 3.68. The number of hydrogen-bond acceptors (Lipinski definition) is 3. The summed E-state index contributed by atoms with van der Waals surface area (Å²) in [4.78, 5) is 5.24. The van der Waals surface area contributed by atoms with E-state index in [-0.39, 0.29) is 0 Å². The molecule has 0 aliphatic rings. The molecule has 0 aliphatic carbocycles. The molecule has 1 aromatic rings. The van der Waals surface area contributed by atoms with E-state index in [1.165, 1.54) is 4.90 Å². The topological polar surface area (TPSA) is 12.9 Å². The Morgan fingerprint density at radius 2 is 1.75 bits per heavy atom. The van der Waals surface area contributed by atoms with Gasteiger partial charge in [-0.2, -0.15) is 0 Å². The first-order valence-electron chi connectivity index (χ1n) is 3.84. The van der Waals surface area contributed by atoms with Crippen LogP contribution in [0.1, 0.15) is 20.8 Å². The standard InChI is InChI=1S/C9H13NS2/c1-9(2,3)12-11-8-4-6-10-7-5-8/h4-7H,1-3H3. The molecule has 0 saturated heterocycles. The Morgan fingerprint density at radius 1 is 1.17 bits per heavy atom. The van der Waals surface area contributed by atoms with E-state index in [1.807, 2.05) is 35.3 Å². The summed E-state index contributed by atoms with van der Waals surface area (Å²) in [5, 5.41) is 0. The fourth-order valence-electron chi connectivity index (χ4n) is 0.567. The van der Waals surface area contributed by atoms with Gasteiger partial charge < -0.3 is 0 Å². The molecule has 0 aliphatic heterocycles. The summed E-state index contributed by atoms with van der Waals surface area (Å²) in [5.74, 6) is 0. The second-order valence-electron chi connectivity index (χ2n) is 3.46. The van der Waals surface area contributed by atoms with Crippen molar-refractivity contribution in [2.45, 2.75) is 30.4 Å². The van der Waals surface area contributed by atoms with Crippen LogP contribution >= 0.6 is 21.6 Å². The van der Waals surface area contributed by atoms with Crippen molar-refractivity contribution in [3.05, 3.63) is 24.5 Å². The van der Waals surface area contributed by atoms with Gasteiger partial charge in [-0.05, 0) is 12.1 Å². The van der Waals surface area contributed by atoms with E-state index in [1.54, 1.807) is 10.8 Å². The van der Waals surface area contributed by atoms with Crippen LogP contribution in [0.15, 0.2) is 29.4 Å². The Labute approximate surface area is 81.8 Å². The van der Waals surface area contributed by atoms with Gasteiger partial charge >= 0.3 is 0 Å². The largest absolute Gasteiger partial charge is 0.265 e. The molecule has 12 heavy (non-hydrogen) atoms. The molecule has 3 heteroatoms. The van der Waals surface area contributed by atoms with Crippen LogP contribution in [-0.4, -0.2) is 9.73 Å². The van der Waals surface area contributed by atoms with E-state index in [2.05, 4.69) is 25.8 Å². The fraction of sp³-hybridized carbons (Fsp3) is 0.444. The predicted molar refractivity (Wildman–Crippen MR) is 57.4 cm³/mol. The molecular formula is C9H13NS2. The third-order valence-corrected chi connectivity index (χ3v) is 4.41. The molecule has 1 heterocycles. The molecule has 66 valence electrons. The van der Waals surface area contributed by atoms with Crippen LogP contribution in [0, 0.1) is 0 Å². The van der Waals surface area contributed by atoms with E-state index in [0.29, 0.717) is 4.75 Å². The molecule has 0 saturated carbocycles. The monoisotopic (exact) mass is 199 g/mol. The minimum absolute atomic E-state index is 0.313. The first-order valence-corrected chi connectivity index (χ1v) is 5.99. The molecule has 0 N–H and O–H groups in total. The Hall–Kier alpha value is -0.150. The lowest BCUT2D eigenvalue weighted by Gasteiger charge is -2.15. The predicted octanol–water partition coefficient (Wildman–Crippen LogP) is 3.62. The van der Waals surface area contributed by atoms with Gasteiger partial charge in [-0.25, -0.2) is 0 Å². The van der Waals surface area contributed by atoms with Crippen molar-refractivity contribution >= 4 is 21.6 Å². The average molecular weight is 199 g/mol. The van der Waals surface area contributed by atoms with Gasteiger partial charge in [0, 0.05) is 22.0 Å². The second kappa shape index (κ2) is 4.19. The first kappa shape index (κ1) is 9.93. The summed E-state index contributed by atoms with van der Waals surface area (Å²) in [6.07, 6.45) is 3.65. The van der Waals surface area contributed by atoms with Crippen molar-refractivity contribution in [1.29, 1.82) is 0 Å². The summed E-state index contributed by atoms with van der Waals surface area (Å²) in [6.45, 7) is 6.64. The third-order valence-electron chi connectivity index (χ3n) is 1.04. The maximum atomic E-state index is 3.97. The van der Waals surface area contributed by atoms with Crippen LogP contribution in [0.5, 0.6) is 0 Å². The zero-order valence-corrected chi connectivity index (χ0v) is 9.21. The zero-order valence-electron chi connectivity index (χ0n) is 7.57. The smallest absolute Gasteiger partial charge is 0.0279 e. The van der Waals surface area contributed by atoms with E-state index >= 15 is 0 Å². The van der Waals surface area contributed by atoms with Crippen LogP contribution in [0.4, 0.5) is 0 Å². The van der Waals surface area contributed by atoms with Crippen molar-refractivity contribution in [3.63, 3.8) is 0 Å². The number of nitrogens with zero attached hydrogens (tertiary/aromatic N) is 1. The van der Waals surface area contributed by atoms with Crippen molar-refractivity contribution in [2.75, 3.05) is 0 Å². The Bertz CT molecular complexity index is 228. The lowest BCUT2D eigenvalue weighted by Crippen LogP contribution is -2.04. The maximum Gasteiger partial charge on any atom is 0.0279 e. The lowest BCUT2D eigenvalue weighted by atomic mass is 10.3. The van der Waals surface area contributed by atoms with Crippen LogP contribution < -0.4 is 0 Å². The maximum absolute atomic E-state index is 3.97. The summed E-state index contributed by atoms with van der Waals surface area (Å²) in [5.41, 5.74) is 0. The van der Waals surface area contributed by atoms with Crippen LogP contribution in [0.25, 0.3) is 0 Å². The highest BCUT2D eigenvalue weighted by atomic mass is 33.1. The van der Waals surface area contributed by atoms with Crippen molar-refractivity contribution in [2.24, 2.45) is 0 Å². The molecule has 0 aromatic carbocycles. The molecule has 0 radical (unpaired) electrons. The molecule has 0 bridgehead atoms. The SMILES string of the molecule is CC(C)(C)SSc1ccncc1. The van der Waals surface area contributed by atoms with Crippen molar-refractivity contribution in [3.8, 4) is 0 Å². The van der Waals surface area contributed by atoms with E-state index in [4.69, 9.17) is 0 Å². The lowest BCUT2D eigenvalue weighted by molar-refractivity contribution is 0.810. The molecule has 1 rings (SSSR count). The highest BCUT2D eigenvalue weighted by Gasteiger charge is 2.10. The zero-order chi connectivity index (χ0) is 9.03. The van der Waals surface area contributed by atoms with Crippen molar-refractivity contribution < 1.29 is 0 Å². The summed E-state index contributed by atoms with van der Waals surface area (Å²) >= 11 is 0. The number of aromatic nitrogens is 1. The first-order chi connectivity index (χ1) is 5.58. The molecule has 1 aromatic heterocycles. The third kappa shape index (κ3) is 4.02. The normalized spacial score (nSPS) is 11.6. The molecule has 1 nitrogen and oxygen atoms in total. The molecule has 0 atom stereocenters. The minimum atomic E-state index is 0.313. The van der Waals surface area contributed by atoms with Gasteiger partial charge in [0.15, 0.2) is 0 Å². The van der Waals surface area contributed by atoms with Gasteiger partial charge in [0.2, 0.25) is 0 Å². The van der Waals surface area contributed by atoms with Gasteiger partial charge in [0.1, 0.15) is 0 Å². The van der Waals surface area contributed by atoms with Crippen molar-refractivity contribution in [1.82, 2.24) is 4.98 Å². The Balaban J connectivity index is 2.44.